The van der Waals surface area contributed by atoms with Crippen LogP contribution in [-0.4, -0.2) is 117 Å². The number of rotatable bonds is 10. The highest BCUT2D eigenvalue weighted by Gasteiger charge is 2.29. The van der Waals surface area contributed by atoms with Crippen LogP contribution in [0.2, 0.25) is 0 Å². The summed E-state index contributed by atoms with van der Waals surface area (Å²) >= 11 is 0. The summed E-state index contributed by atoms with van der Waals surface area (Å²) in [6.07, 6.45) is 6.27. The standard InChI is InChI=1S/C37H50N8O2/c1-28-7-3-8-29-9-4-11-34(35(28)29)45-20-14-32-33(25-45)40-37(47-26-31-10-5-16-42(31)2)41-36(32)44-18-12-30(13-19-44)39-27-38-15-6-17-43-21-23-46-24-22-43/h3-4,7-9,11,30-31H,5-6,10,12-26H2,1-2H3/t31-/m0/s1. The van der Waals surface area contributed by atoms with Gasteiger partial charge in [-0.25, -0.2) is 9.98 Å². The van der Waals surface area contributed by atoms with Gasteiger partial charge in [0, 0.05) is 61.9 Å². The zero-order valence-corrected chi connectivity index (χ0v) is 28.2. The van der Waals surface area contributed by atoms with Crippen molar-refractivity contribution < 1.29 is 9.47 Å². The van der Waals surface area contributed by atoms with E-state index in [1.807, 2.05) is 0 Å². The molecule has 0 radical (unpaired) electrons. The molecule has 0 spiro atoms. The Bertz CT molecular complexity index is 1570. The molecule has 10 nitrogen and oxygen atoms in total. The van der Waals surface area contributed by atoms with Crippen LogP contribution in [0.1, 0.15) is 48.9 Å². The number of fused-ring (bicyclic) bond motifs is 2. The molecular weight excluding hydrogens is 588 g/mol. The molecule has 47 heavy (non-hydrogen) atoms. The van der Waals surface area contributed by atoms with Gasteiger partial charge in [-0.05, 0) is 76.1 Å². The van der Waals surface area contributed by atoms with Crippen molar-refractivity contribution in [1.29, 1.82) is 0 Å². The Morgan fingerprint density at radius 1 is 0.957 bits per heavy atom. The number of hydrogen-bond acceptors (Lipinski definition) is 10. The molecule has 0 bridgehead atoms. The summed E-state index contributed by atoms with van der Waals surface area (Å²) in [5.74, 6) is 1.05. The number of morpholine rings is 1. The summed E-state index contributed by atoms with van der Waals surface area (Å²) in [6.45, 7) is 13.1. The maximum atomic E-state index is 6.37. The van der Waals surface area contributed by atoms with Gasteiger partial charge >= 0.3 is 6.01 Å². The smallest absolute Gasteiger partial charge is 0.318 e. The number of piperidine rings is 1. The molecular formula is C37H50N8O2. The highest BCUT2D eigenvalue weighted by Crippen LogP contribution is 2.36. The first kappa shape index (κ1) is 32.0. The maximum absolute atomic E-state index is 6.37. The molecule has 4 aliphatic rings. The molecule has 2 aromatic carbocycles. The van der Waals surface area contributed by atoms with Gasteiger partial charge in [-0.1, -0.05) is 30.3 Å². The summed E-state index contributed by atoms with van der Waals surface area (Å²) in [5.41, 5.74) is 4.95. The maximum Gasteiger partial charge on any atom is 0.318 e. The van der Waals surface area contributed by atoms with E-state index in [4.69, 9.17) is 24.4 Å². The predicted molar refractivity (Wildman–Crippen MR) is 188 cm³/mol. The third-order valence-electron chi connectivity index (χ3n) is 10.5. The van der Waals surface area contributed by atoms with Gasteiger partial charge in [0.15, 0.2) is 0 Å². The second-order valence-electron chi connectivity index (χ2n) is 13.6. The van der Waals surface area contributed by atoms with Crippen LogP contribution >= 0.6 is 0 Å². The van der Waals surface area contributed by atoms with Gasteiger partial charge in [0.1, 0.15) is 12.4 Å². The minimum Gasteiger partial charge on any atom is -0.462 e. The Morgan fingerprint density at radius 2 is 1.79 bits per heavy atom. The molecule has 7 rings (SSSR count). The molecule has 1 atom stereocenters. The molecule has 3 aromatic rings. The first-order valence-electron chi connectivity index (χ1n) is 17.7. The Kier molecular flexibility index (Phi) is 10.3. The molecule has 3 fully saturated rings. The van der Waals surface area contributed by atoms with E-state index < -0.39 is 0 Å². The van der Waals surface area contributed by atoms with Gasteiger partial charge in [0.05, 0.1) is 44.0 Å². The lowest BCUT2D eigenvalue weighted by atomic mass is 9.99. The van der Waals surface area contributed by atoms with Crippen LogP contribution in [0.4, 0.5) is 11.5 Å². The fourth-order valence-electron chi connectivity index (χ4n) is 7.63. The number of ether oxygens (including phenoxy) is 2. The Balaban J connectivity index is 1.04. The molecule has 0 unspecified atom stereocenters. The number of likely N-dealkylation sites (N-methyl/N-ethyl adjacent to an activating group) is 1. The molecule has 4 aliphatic heterocycles. The molecule has 0 amide bonds. The summed E-state index contributed by atoms with van der Waals surface area (Å²) < 4.78 is 11.8. The summed E-state index contributed by atoms with van der Waals surface area (Å²) in [5, 5.41) is 2.61. The number of likely N-dealkylation sites (tertiary alicyclic amines) is 1. The molecule has 10 heteroatoms. The van der Waals surface area contributed by atoms with Crippen LogP contribution in [0.25, 0.3) is 10.8 Å². The molecule has 0 N–H and O–H groups in total. The zero-order valence-electron chi connectivity index (χ0n) is 28.2. The summed E-state index contributed by atoms with van der Waals surface area (Å²) in [4.78, 5) is 29.1. The van der Waals surface area contributed by atoms with Crippen LogP contribution in [0.5, 0.6) is 6.01 Å². The average Bonchev–Trinajstić information content (AvgIpc) is 3.53. The number of aryl methyl sites for hydroxylation is 1. The van der Waals surface area contributed by atoms with Gasteiger partial charge < -0.3 is 24.2 Å². The van der Waals surface area contributed by atoms with Crippen LogP contribution in [0.15, 0.2) is 46.4 Å². The van der Waals surface area contributed by atoms with Crippen LogP contribution in [0.3, 0.4) is 0 Å². The van der Waals surface area contributed by atoms with Crippen molar-refractivity contribution in [2.45, 2.75) is 64.1 Å². The highest BCUT2D eigenvalue weighted by atomic mass is 16.5. The summed E-state index contributed by atoms with van der Waals surface area (Å²) in [6, 6.07) is 17.4. The molecule has 0 aliphatic carbocycles. The largest absolute Gasteiger partial charge is 0.462 e. The molecule has 250 valence electrons. The Labute approximate surface area is 279 Å². The predicted octanol–water partition coefficient (Wildman–Crippen LogP) is 4.84. The van der Waals surface area contributed by atoms with Gasteiger partial charge in [-0.3, -0.25) is 4.90 Å². The van der Waals surface area contributed by atoms with Crippen LogP contribution in [-0.2, 0) is 17.7 Å². The topological polar surface area (TPSA) is 81.9 Å². The number of aliphatic imine (C=N–C) groups is 2. The highest BCUT2D eigenvalue weighted by molar-refractivity contribution is 5.97. The zero-order chi connectivity index (χ0) is 32.0. The van der Waals surface area contributed by atoms with E-state index in [1.165, 1.54) is 34.0 Å². The van der Waals surface area contributed by atoms with Gasteiger partial charge in [-0.2, -0.15) is 9.97 Å². The van der Waals surface area contributed by atoms with Crippen molar-refractivity contribution in [2.75, 3.05) is 89.0 Å². The molecule has 0 saturated carbocycles. The lowest BCUT2D eigenvalue weighted by Gasteiger charge is -2.36. The number of benzene rings is 2. The third kappa shape index (κ3) is 7.62. The molecule has 1 aromatic heterocycles. The van der Waals surface area contributed by atoms with Gasteiger partial charge in [-0.15, -0.1) is 0 Å². The van der Waals surface area contributed by atoms with E-state index in [0.717, 1.165) is 116 Å². The number of nitrogens with zero attached hydrogens (tertiary/aromatic N) is 8. The van der Waals surface area contributed by atoms with Crippen molar-refractivity contribution in [2.24, 2.45) is 9.98 Å². The van der Waals surface area contributed by atoms with Crippen molar-refractivity contribution in [3.05, 3.63) is 53.2 Å². The van der Waals surface area contributed by atoms with E-state index in [9.17, 15) is 0 Å². The second-order valence-corrected chi connectivity index (χ2v) is 13.6. The average molecular weight is 639 g/mol. The van der Waals surface area contributed by atoms with Crippen LogP contribution in [0, 0.1) is 6.92 Å². The third-order valence-corrected chi connectivity index (χ3v) is 10.5. The van der Waals surface area contributed by atoms with Crippen LogP contribution < -0.4 is 14.5 Å². The lowest BCUT2D eigenvalue weighted by Crippen LogP contribution is -2.39. The minimum absolute atomic E-state index is 0.255. The number of anilines is 2. The number of aromatic nitrogens is 2. The monoisotopic (exact) mass is 638 g/mol. The van der Waals surface area contributed by atoms with E-state index in [0.29, 0.717) is 18.7 Å². The lowest BCUT2D eigenvalue weighted by molar-refractivity contribution is 0.0377. The minimum atomic E-state index is 0.255. The van der Waals surface area contributed by atoms with E-state index in [-0.39, 0.29) is 6.04 Å². The second kappa shape index (κ2) is 15.1. The van der Waals surface area contributed by atoms with Gasteiger partial charge in [0.2, 0.25) is 0 Å². The Hall–Kier alpha value is -3.56. The quantitative estimate of drug-likeness (QED) is 0.231. The first-order chi connectivity index (χ1) is 23.1. The SMILES string of the molecule is Cc1cccc2cccc(N3CCc4c(nc(OC[C@@H]5CCCN5C)nc4N4CCC(N=C=NCCCN5CCOCC5)CC4)C3)c12. The first-order valence-corrected chi connectivity index (χ1v) is 17.7. The molecule has 5 heterocycles. The number of hydrogen-bond donors (Lipinski definition) is 0. The van der Waals surface area contributed by atoms with Crippen molar-refractivity contribution in [3.63, 3.8) is 0 Å². The summed E-state index contributed by atoms with van der Waals surface area (Å²) in [7, 11) is 2.19. The van der Waals surface area contributed by atoms with Gasteiger partial charge in [0.25, 0.3) is 0 Å². The van der Waals surface area contributed by atoms with Crippen molar-refractivity contribution >= 4 is 28.3 Å². The molecule has 3 saturated heterocycles. The normalized spacial score (nSPS) is 21.1. The van der Waals surface area contributed by atoms with E-state index in [1.54, 1.807) is 0 Å². The van der Waals surface area contributed by atoms with Crippen molar-refractivity contribution in [1.82, 2.24) is 19.8 Å². The Morgan fingerprint density at radius 3 is 2.60 bits per heavy atom. The fourth-order valence-corrected chi connectivity index (χ4v) is 7.63. The fraction of sp³-hybridized carbons (Fsp3) is 0.595. The van der Waals surface area contributed by atoms with E-state index in [2.05, 4.69) is 81.0 Å². The van der Waals surface area contributed by atoms with Crippen molar-refractivity contribution in [3.8, 4) is 6.01 Å². The van der Waals surface area contributed by atoms with E-state index >= 15 is 0 Å².